The first-order valence-corrected chi connectivity index (χ1v) is 17.4. The van der Waals surface area contributed by atoms with Crippen molar-refractivity contribution in [2.24, 2.45) is 10.8 Å². The smallest absolute Gasteiger partial charge is 0.148 e. The van der Waals surface area contributed by atoms with Crippen molar-refractivity contribution in [1.82, 2.24) is 15.0 Å². The molecule has 7 rings (SSSR count). The van der Waals surface area contributed by atoms with Crippen molar-refractivity contribution in [3.63, 3.8) is 0 Å². The van der Waals surface area contributed by atoms with Crippen molar-refractivity contribution in [2.75, 3.05) is 0 Å². The quantitative estimate of drug-likeness (QED) is 0.165. The van der Waals surface area contributed by atoms with Crippen molar-refractivity contribution < 1.29 is 38.2 Å². The third kappa shape index (κ3) is 9.03. The van der Waals surface area contributed by atoms with Gasteiger partial charge in [-0.1, -0.05) is 110 Å². The molecule has 0 fully saturated rings. The van der Waals surface area contributed by atoms with Crippen molar-refractivity contribution >= 4 is 43.5 Å². The van der Waals surface area contributed by atoms with Crippen LogP contribution in [0.1, 0.15) is 103 Å². The zero-order valence-corrected chi connectivity index (χ0v) is 33.6. The SMILES string of the molecule is [2H]C([2H])([2H])c1c[c-]c(-c2ccc(C([2H])([2H])C(C)(C)C)cn2)cc1.[2H]C([2H])([2H])c1cnc(-c2[c-]ccc3c2oc2c3ccc3sc(C(C)(C)C)nc32)cc1C([2H])([2H])C(C)(C)C.[Ir]. The fourth-order valence-electron chi connectivity index (χ4n) is 5.44. The molecular weight excluding hydrogens is 823 g/mol. The van der Waals surface area contributed by atoms with E-state index >= 15 is 0 Å². The fourth-order valence-corrected chi connectivity index (χ4v) is 6.47. The van der Waals surface area contributed by atoms with E-state index in [0.29, 0.717) is 39.2 Å². The number of nitrogens with zero attached hydrogens (tertiary/aromatic N) is 3. The summed E-state index contributed by atoms with van der Waals surface area (Å²) >= 11 is 1.65. The van der Waals surface area contributed by atoms with Gasteiger partial charge in [0.05, 0.1) is 15.3 Å². The van der Waals surface area contributed by atoms with Crippen molar-refractivity contribution in [3.05, 3.63) is 112 Å². The predicted molar refractivity (Wildman–Crippen MR) is 212 cm³/mol. The maximum absolute atomic E-state index is 8.84. The molecule has 51 heavy (non-hydrogen) atoms. The zero-order valence-electron chi connectivity index (χ0n) is 40.4. The van der Waals surface area contributed by atoms with Crippen LogP contribution in [0, 0.1) is 36.7 Å². The van der Waals surface area contributed by atoms with Gasteiger partial charge in [-0.2, -0.15) is 0 Å². The van der Waals surface area contributed by atoms with Gasteiger partial charge in [-0.15, -0.1) is 64.9 Å². The first-order chi connectivity index (χ1) is 27.4. The number of furan rings is 1. The molecule has 0 spiro atoms. The molecule has 0 saturated carbocycles. The van der Waals surface area contributed by atoms with E-state index < -0.39 is 37.3 Å². The van der Waals surface area contributed by atoms with Crippen LogP contribution in [0.5, 0.6) is 0 Å². The molecule has 4 heterocycles. The van der Waals surface area contributed by atoms with E-state index in [0.717, 1.165) is 26.0 Å². The van der Waals surface area contributed by atoms with Gasteiger partial charge in [0.25, 0.3) is 0 Å². The fraction of sp³-hybridized carbons (Fsp3) is 0.356. The van der Waals surface area contributed by atoms with Crippen LogP contribution in [0.15, 0.2) is 77.5 Å². The minimum absolute atomic E-state index is 0. The van der Waals surface area contributed by atoms with E-state index in [-0.39, 0.29) is 42.2 Å². The summed E-state index contributed by atoms with van der Waals surface area (Å²) in [6.07, 6.45) is -0.615. The van der Waals surface area contributed by atoms with E-state index in [1.54, 1.807) is 68.5 Å². The average Bonchev–Trinajstić information content (AvgIpc) is 3.76. The first-order valence-electron chi connectivity index (χ1n) is 21.6. The number of rotatable bonds is 4. The molecule has 4 aromatic heterocycles. The Bertz CT molecular complexity index is 2680. The Hall–Kier alpha value is -3.70. The van der Waals surface area contributed by atoms with E-state index in [1.807, 2.05) is 32.9 Å². The summed E-state index contributed by atoms with van der Waals surface area (Å²) in [5, 5.41) is 2.82. The summed E-state index contributed by atoms with van der Waals surface area (Å²) < 4.78 is 87.7. The Morgan fingerprint density at radius 1 is 0.784 bits per heavy atom. The van der Waals surface area contributed by atoms with Gasteiger partial charge in [0.15, 0.2) is 0 Å². The normalized spacial score (nSPS) is 16.2. The Labute approximate surface area is 335 Å². The van der Waals surface area contributed by atoms with Crippen molar-refractivity contribution in [2.45, 2.75) is 94.2 Å². The van der Waals surface area contributed by atoms with Crippen LogP contribution in [0.25, 0.3) is 54.7 Å². The van der Waals surface area contributed by atoms with Gasteiger partial charge in [-0.25, -0.2) is 4.98 Å². The van der Waals surface area contributed by atoms with Crippen LogP contribution in [0.4, 0.5) is 0 Å². The van der Waals surface area contributed by atoms with Gasteiger partial charge in [0.2, 0.25) is 0 Å². The monoisotopic (exact) mass is 882 g/mol. The summed E-state index contributed by atoms with van der Waals surface area (Å²) in [5.41, 5.74) is 3.63. The number of hydrogen-bond acceptors (Lipinski definition) is 5. The topological polar surface area (TPSA) is 51.8 Å². The third-order valence-corrected chi connectivity index (χ3v) is 9.09. The molecule has 0 bridgehead atoms. The number of aromatic nitrogens is 3. The molecule has 0 aliphatic rings. The third-order valence-electron chi connectivity index (χ3n) is 7.64. The van der Waals surface area contributed by atoms with Crippen LogP contribution in [-0.4, -0.2) is 15.0 Å². The minimum atomic E-state index is -2.50. The van der Waals surface area contributed by atoms with Crippen LogP contribution in [0.3, 0.4) is 0 Å². The molecule has 0 N–H and O–H groups in total. The van der Waals surface area contributed by atoms with Gasteiger partial charge < -0.3 is 14.4 Å². The van der Waals surface area contributed by atoms with Crippen LogP contribution >= 0.6 is 11.3 Å². The second-order valence-electron chi connectivity index (χ2n) is 15.5. The zero-order chi connectivity index (χ0) is 44.6. The maximum Gasteiger partial charge on any atom is 0.148 e. The molecular formula is C45H49IrN3OS-2. The molecule has 3 aromatic carbocycles. The van der Waals surface area contributed by atoms with Crippen LogP contribution < -0.4 is 0 Å². The Morgan fingerprint density at radius 2 is 1.53 bits per heavy atom. The van der Waals surface area contributed by atoms with Gasteiger partial charge >= 0.3 is 0 Å². The summed E-state index contributed by atoms with van der Waals surface area (Å²) in [4.78, 5) is 13.7. The Morgan fingerprint density at radius 3 is 2.16 bits per heavy atom. The molecule has 0 atom stereocenters. The van der Waals surface area contributed by atoms with Gasteiger partial charge in [-0.3, -0.25) is 0 Å². The molecule has 1 radical (unpaired) electrons. The van der Waals surface area contributed by atoms with Crippen LogP contribution in [0.2, 0.25) is 0 Å². The number of fused-ring (bicyclic) bond motifs is 5. The summed E-state index contributed by atoms with van der Waals surface area (Å²) in [6.45, 7) is 12.6. The van der Waals surface area contributed by atoms with Crippen LogP contribution in [-0.2, 0) is 38.3 Å². The van der Waals surface area contributed by atoms with E-state index in [1.165, 1.54) is 18.5 Å². The summed E-state index contributed by atoms with van der Waals surface area (Å²) in [7, 11) is 0. The van der Waals surface area contributed by atoms with Gasteiger partial charge in [0, 0.05) is 57.0 Å². The van der Waals surface area contributed by atoms with Gasteiger partial charge in [0.1, 0.15) is 11.1 Å². The number of pyridine rings is 2. The van der Waals surface area contributed by atoms with E-state index in [4.69, 9.17) is 23.1 Å². The molecule has 7 aromatic rings. The minimum Gasteiger partial charge on any atom is -0.498 e. The first kappa shape index (κ1) is 27.0. The average molecular weight is 882 g/mol. The number of thiazole rings is 1. The number of benzene rings is 3. The number of aryl methyl sites for hydroxylation is 2. The molecule has 0 saturated heterocycles. The Kier molecular flexibility index (Phi) is 7.80. The molecule has 0 amide bonds. The molecule has 0 aliphatic heterocycles. The molecule has 6 heteroatoms. The molecule has 0 aliphatic carbocycles. The van der Waals surface area contributed by atoms with Crippen molar-refractivity contribution in [3.8, 4) is 22.5 Å². The van der Waals surface area contributed by atoms with E-state index in [2.05, 4.69) is 48.9 Å². The second-order valence-corrected chi connectivity index (χ2v) is 16.6. The summed E-state index contributed by atoms with van der Waals surface area (Å²) in [6, 6.07) is 23.6. The summed E-state index contributed by atoms with van der Waals surface area (Å²) in [5.74, 6) is 0. The van der Waals surface area contributed by atoms with Crippen molar-refractivity contribution in [1.29, 1.82) is 0 Å². The number of hydrogen-bond donors (Lipinski definition) is 0. The standard InChI is InChI=1S/C28H29N2OS.C17H20N.Ir/c1-16-15-29-21(13-17(16)14-27(2,3)4)20-10-8-9-18-19-11-12-22-23(25(19)31-24(18)20)30-26(32-22)28(5,6)7;1-13-5-8-15(9-6-13)16-10-7-14(12-18-16)11-17(2,3)4;/h8-9,11-13,15H,14H2,1-7H3;5-8,10,12H,11H2,1-4H3;/q2*-1;/i1D3,14D2;1D3,11D2;. The Balaban J connectivity index is 0.000000253. The molecule has 0 unspecified atom stereocenters. The van der Waals surface area contributed by atoms with Gasteiger partial charge in [-0.05, 0) is 59.0 Å². The second kappa shape index (κ2) is 14.7. The largest absolute Gasteiger partial charge is 0.498 e. The molecule has 4 nitrogen and oxygen atoms in total. The molecule has 267 valence electrons. The van der Waals surface area contributed by atoms with E-state index in [9.17, 15) is 0 Å². The predicted octanol–water partition coefficient (Wildman–Crippen LogP) is 12.7. The maximum atomic E-state index is 8.84.